The van der Waals surface area contributed by atoms with Gasteiger partial charge in [0, 0.05) is 13.2 Å². The molecular weight excluding hydrogens is 435 g/mol. The monoisotopic (exact) mass is 464 g/mol. The second kappa shape index (κ2) is 11.3. The van der Waals surface area contributed by atoms with Gasteiger partial charge >= 0.3 is 5.97 Å². The summed E-state index contributed by atoms with van der Waals surface area (Å²) in [6.45, 7) is 1.72. The summed E-state index contributed by atoms with van der Waals surface area (Å²) < 4.78 is 52.9. The third-order valence-electron chi connectivity index (χ3n) is 5.46. The lowest BCUT2D eigenvalue weighted by Gasteiger charge is -2.41. The number of ether oxygens (including phenoxy) is 7. The van der Waals surface area contributed by atoms with Crippen LogP contribution in [0.2, 0.25) is 0 Å². The largest absolute Gasteiger partial charge is 0.497 e. The highest BCUT2D eigenvalue weighted by Crippen LogP contribution is 2.32. The van der Waals surface area contributed by atoms with E-state index in [0.717, 1.165) is 5.56 Å². The van der Waals surface area contributed by atoms with Gasteiger partial charge in [-0.25, -0.2) is 9.18 Å². The molecule has 0 aromatic heterocycles. The summed E-state index contributed by atoms with van der Waals surface area (Å²) >= 11 is 0. The lowest BCUT2D eigenvalue weighted by atomic mass is 9.99. The van der Waals surface area contributed by atoms with Gasteiger partial charge in [0.1, 0.15) is 28.9 Å². The van der Waals surface area contributed by atoms with Crippen molar-refractivity contribution in [1.82, 2.24) is 0 Å². The van der Waals surface area contributed by atoms with E-state index < -0.39 is 36.7 Å². The molecule has 0 radical (unpaired) electrons. The highest BCUT2D eigenvalue weighted by molar-refractivity contribution is 5.93. The Bertz CT molecular complexity index is 919. The Labute approximate surface area is 192 Å². The maximum Gasteiger partial charge on any atom is 0.342 e. The van der Waals surface area contributed by atoms with E-state index in [4.69, 9.17) is 33.2 Å². The number of halogens is 1. The predicted octanol–water partition coefficient (Wildman–Crippen LogP) is 3.55. The van der Waals surface area contributed by atoms with Crippen LogP contribution in [-0.2, 0) is 25.6 Å². The molecular formula is C24H29FO8. The number of benzene rings is 2. The first kappa shape index (κ1) is 24.8. The molecule has 9 heteroatoms. The maximum atomic E-state index is 14.9. The Morgan fingerprint density at radius 3 is 2.18 bits per heavy atom. The van der Waals surface area contributed by atoms with Gasteiger partial charge in [0.2, 0.25) is 6.36 Å². The molecule has 5 atom stereocenters. The number of rotatable bonds is 9. The zero-order valence-electron chi connectivity index (χ0n) is 19.3. The van der Waals surface area contributed by atoms with Crippen molar-refractivity contribution < 1.29 is 42.3 Å². The number of esters is 1. The number of carbonyl (C=O) groups excluding carboxylic acids is 1. The highest BCUT2D eigenvalue weighted by atomic mass is 19.1. The van der Waals surface area contributed by atoms with Crippen LogP contribution in [0.15, 0.2) is 42.5 Å². The van der Waals surface area contributed by atoms with E-state index >= 15 is 0 Å². The number of methoxy groups -OCH3 is 4. The van der Waals surface area contributed by atoms with Crippen LogP contribution in [0.1, 0.15) is 22.8 Å². The fourth-order valence-corrected chi connectivity index (χ4v) is 3.66. The number of hydrogen-bond acceptors (Lipinski definition) is 8. The van der Waals surface area contributed by atoms with Crippen LogP contribution in [0.4, 0.5) is 4.39 Å². The molecule has 1 fully saturated rings. The van der Waals surface area contributed by atoms with Crippen LogP contribution in [0.25, 0.3) is 0 Å². The molecule has 8 nitrogen and oxygen atoms in total. The summed E-state index contributed by atoms with van der Waals surface area (Å²) in [6.07, 6.45) is -5.50. The van der Waals surface area contributed by atoms with E-state index in [9.17, 15) is 9.18 Å². The van der Waals surface area contributed by atoms with Crippen molar-refractivity contribution in [3.63, 3.8) is 0 Å². The van der Waals surface area contributed by atoms with Crippen molar-refractivity contribution in [2.75, 3.05) is 28.4 Å². The molecule has 1 saturated heterocycles. The molecule has 0 aliphatic carbocycles. The first-order valence-corrected chi connectivity index (χ1v) is 10.4. The molecule has 0 amide bonds. The smallest absolute Gasteiger partial charge is 0.342 e. The standard InChI is InChI=1S/C24H29FO8/c1-14-20(30-5)21(33-24(26)18-11-10-17(28-3)12-19(18)29-4)22(23(25)32-14)31-13-15-6-8-16(27-2)9-7-15/h6-12,14,20-23H,13H2,1-5H3/t14-,20-,21-,22+,23-/m1/s1. The van der Waals surface area contributed by atoms with Crippen molar-refractivity contribution >= 4 is 5.97 Å². The predicted molar refractivity (Wildman–Crippen MR) is 117 cm³/mol. The minimum absolute atomic E-state index is 0.0726. The number of carbonyl (C=O) groups is 1. The summed E-state index contributed by atoms with van der Waals surface area (Å²) in [6, 6.07) is 11.8. The summed E-state index contributed by atoms with van der Waals surface area (Å²) in [7, 11) is 5.95. The van der Waals surface area contributed by atoms with E-state index in [-0.39, 0.29) is 17.9 Å². The van der Waals surface area contributed by atoms with Gasteiger partial charge in [-0.15, -0.1) is 0 Å². The van der Waals surface area contributed by atoms with Gasteiger partial charge in [-0.2, -0.15) is 0 Å². The van der Waals surface area contributed by atoms with E-state index in [1.165, 1.54) is 27.4 Å². The second-order valence-electron chi connectivity index (χ2n) is 7.45. The average Bonchev–Trinajstić information content (AvgIpc) is 2.83. The van der Waals surface area contributed by atoms with Crippen LogP contribution in [0.3, 0.4) is 0 Å². The second-order valence-corrected chi connectivity index (χ2v) is 7.45. The van der Waals surface area contributed by atoms with E-state index in [0.29, 0.717) is 11.5 Å². The molecule has 180 valence electrons. The fraction of sp³-hybridized carbons (Fsp3) is 0.458. The topological polar surface area (TPSA) is 81.7 Å². The molecule has 0 bridgehead atoms. The normalized spacial score (nSPS) is 24.7. The zero-order valence-corrected chi connectivity index (χ0v) is 19.3. The molecule has 0 unspecified atom stereocenters. The molecule has 3 rings (SSSR count). The van der Waals surface area contributed by atoms with Crippen molar-refractivity contribution in [2.45, 2.75) is 44.3 Å². The van der Waals surface area contributed by atoms with Gasteiger partial charge in [-0.1, -0.05) is 12.1 Å². The third kappa shape index (κ3) is 5.73. The van der Waals surface area contributed by atoms with Gasteiger partial charge in [0.15, 0.2) is 12.2 Å². The average molecular weight is 464 g/mol. The highest BCUT2D eigenvalue weighted by Gasteiger charge is 2.48. The van der Waals surface area contributed by atoms with Crippen LogP contribution < -0.4 is 14.2 Å². The lowest BCUT2D eigenvalue weighted by Crippen LogP contribution is -2.58. The van der Waals surface area contributed by atoms with Crippen molar-refractivity contribution in [3.8, 4) is 17.2 Å². The SMILES string of the molecule is COc1ccc(CO[C@H]2[C@H](OC(=O)c3ccc(OC)cc3OC)[C@H](OC)[C@@H](C)O[C@H]2F)cc1. The van der Waals surface area contributed by atoms with Gasteiger partial charge in [-0.3, -0.25) is 0 Å². The first-order valence-electron chi connectivity index (χ1n) is 10.4. The van der Waals surface area contributed by atoms with E-state index in [1.54, 1.807) is 50.4 Å². The molecule has 2 aromatic rings. The number of alkyl halides is 1. The Hall–Kier alpha value is -2.88. The molecule has 1 aliphatic heterocycles. The van der Waals surface area contributed by atoms with E-state index in [1.807, 2.05) is 0 Å². The van der Waals surface area contributed by atoms with E-state index in [2.05, 4.69) is 0 Å². The van der Waals surface area contributed by atoms with Crippen LogP contribution >= 0.6 is 0 Å². The van der Waals surface area contributed by atoms with Gasteiger partial charge < -0.3 is 33.2 Å². The minimum atomic E-state index is -1.82. The minimum Gasteiger partial charge on any atom is -0.497 e. The van der Waals surface area contributed by atoms with Crippen molar-refractivity contribution in [2.24, 2.45) is 0 Å². The van der Waals surface area contributed by atoms with Crippen LogP contribution in [0, 0.1) is 0 Å². The quantitative estimate of drug-likeness (QED) is 0.521. The van der Waals surface area contributed by atoms with Gasteiger partial charge in [0.25, 0.3) is 0 Å². The van der Waals surface area contributed by atoms with Crippen LogP contribution in [-0.4, -0.2) is 65.2 Å². The Morgan fingerprint density at radius 2 is 1.58 bits per heavy atom. The molecule has 1 heterocycles. The summed E-state index contributed by atoms with van der Waals surface area (Å²) in [5.41, 5.74) is 0.953. The Balaban J connectivity index is 1.81. The Morgan fingerprint density at radius 1 is 0.909 bits per heavy atom. The third-order valence-corrected chi connectivity index (χ3v) is 5.46. The van der Waals surface area contributed by atoms with Crippen LogP contribution in [0.5, 0.6) is 17.2 Å². The van der Waals surface area contributed by atoms with Gasteiger partial charge in [-0.05, 0) is 36.8 Å². The Kier molecular flexibility index (Phi) is 8.49. The lowest BCUT2D eigenvalue weighted by molar-refractivity contribution is -0.270. The summed E-state index contributed by atoms with van der Waals surface area (Å²) in [4.78, 5) is 13.0. The number of hydrogen-bond donors (Lipinski definition) is 0. The molecule has 0 spiro atoms. The molecule has 1 aliphatic rings. The first-order chi connectivity index (χ1) is 15.9. The van der Waals surface area contributed by atoms with Crippen molar-refractivity contribution in [1.29, 1.82) is 0 Å². The maximum absolute atomic E-state index is 14.9. The zero-order chi connectivity index (χ0) is 24.0. The van der Waals surface area contributed by atoms with Gasteiger partial charge in [0.05, 0.1) is 34.0 Å². The molecule has 0 N–H and O–H groups in total. The molecule has 2 aromatic carbocycles. The fourth-order valence-electron chi connectivity index (χ4n) is 3.66. The van der Waals surface area contributed by atoms with Crippen molar-refractivity contribution in [3.05, 3.63) is 53.6 Å². The molecule has 33 heavy (non-hydrogen) atoms. The molecule has 0 saturated carbocycles. The summed E-state index contributed by atoms with van der Waals surface area (Å²) in [5.74, 6) is 0.765. The summed E-state index contributed by atoms with van der Waals surface area (Å²) in [5, 5.41) is 0.